The Bertz CT molecular complexity index is 506. The molecular weight excluding hydrogens is 296 g/mol. The lowest BCUT2D eigenvalue weighted by Gasteiger charge is -2.27. The molecule has 1 atom stereocenters. The molecule has 1 aromatic carbocycles. The van der Waals surface area contributed by atoms with Gasteiger partial charge < -0.3 is 10.6 Å². The summed E-state index contributed by atoms with van der Waals surface area (Å²) in [5, 5.41) is 6.81. The van der Waals surface area contributed by atoms with Crippen LogP contribution in [-0.2, 0) is 13.1 Å². The second kappa shape index (κ2) is 10.3. The fourth-order valence-electron chi connectivity index (χ4n) is 3.04. The first-order chi connectivity index (χ1) is 11.7. The summed E-state index contributed by atoms with van der Waals surface area (Å²) in [5.41, 5.74) is 2.76. The van der Waals surface area contributed by atoms with Crippen molar-refractivity contribution in [3.8, 4) is 0 Å². The normalized spacial score (nSPS) is 17.5. The minimum Gasteiger partial charge on any atom is -0.357 e. The van der Waals surface area contributed by atoms with Gasteiger partial charge in [0.1, 0.15) is 0 Å². The zero-order valence-electron chi connectivity index (χ0n) is 15.6. The molecule has 1 heterocycles. The quantitative estimate of drug-likeness (QED) is 0.593. The Kier molecular flexibility index (Phi) is 8.10. The number of benzene rings is 1. The lowest BCUT2D eigenvalue weighted by Crippen LogP contribution is -2.42. The predicted molar refractivity (Wildman–Crippen MR) is 103 cm³/mol. The highest BCUT2D eigenvalue weighted by molar-refractivity contribution is 5.80. The molecule has 0 aromatic heterocycles. The third-order valence-corrected chi connectivity index (χ3v) is 4.71. The number of guanidine groups is 1. The van der Waals surface area contributed by atoms with Crippen LogP contribution in [0, 0.1) is 0 Å². The van der Waals surface area contributed by atoms with E-state index in [1.807, 2.05) is 0 Å². The van der Waals surface area contributed by atoms with Crippen molar-refractivity contribution in [2.45, 2.75) is 65.6 Å². The summed E-state index contributed by atoms with van der Waals surface area (Å²) in [5.74, 6) is 0.916. The molecule has 0 spiro atoms. The molecule has 1 unspecified atom stereocenters. The predicted octanol–water partition coefficient (Wildman–Crippen LogP) is 3.53. The second-order valence-corrected chi connectivity index (χ2v) is 6.75. The van der Waals surface area contributed by atoms with Crippen LogP contribution in [0.1, 0.15) is 57.6 Å². The largest absolute Gasteiger partial charge is 0.357 e. The number of likely N-dealkylation sites (tertiary alicyclic amines) is 1. The van der Waals surface area contributed by atoms with Crippen molar-refractivity contribution in [3.63, 3.8) is 0 Å². The van der Waals surface area contributed by atoms with Gasteiger partial charge in [-0.05, 0) is 57.3 Å². The maximum Gasteiger partial charge on any atom is 0.191 e. The first kappa shape index (κ1) is 18.8. The molecule has 1 aliphatic rings. The molecule has 24 heavy (non-hydrogen) atoms. The summed E-state index contributed by atoms with van der Waals surface area (Å²) in [6.45, 7) is 11.6. The van der Waals surface area contributed by atoms with E-state index in [4.69, 9.17) is 4.99 Å². The van der Waals surface area contributed by atoms with Gasteiger partial charge in [0.2, 0.25) is 0 Å². The Balaban J connectivity index is 2.02. The molecule has 2 N–H and O–H groups in total. The summed E-state index contributed by atoms with van der Waals surface area (Å²) in [6.07, 6.45) is 5.15. The molecule has 0 bridgehead atoms. The molecule has 4 nitrogen and oxygen atoms in total. The monoisotopic (exact) mass is 330 g/mol. The molecule has 4 heteroatoms. The standard InChI is InChI=1S/C20H34N4/c1-4-17(3)23-20(21-5-2)22-15-18-11-7-8-12-19(18)16-24-13-9-6-10-14-24/h7-8,11-12,17H,4-6,9-10,13-16H2,1-3H3,(H2,21,22,23). The van der Waals surface area contributed by atoms with Crippen LogP contribution in [0.25, 0.3) is 0 Å². The first-order valence-corrected chi connectivity index (χ1v) is 9.57. The summed E-state index contributed by atoms with van der Waals surface area (Å²) in [7, 11) is 0. The van der Waals surface area contributed by atoms with Crippen molar-refractivity contribution in [1.29, 1.82) is 0 Å². The zero-order valence-corrected chi connectivity index (χ0v) is 15.6. The number of piperidine rings is 1. The van der Waals surface area contributed by atoms with Gasteiger partial charge in [-0.15, -0.1) is 0 Å². The van der Waals surface area contributed by atoms with Crippen molar-refractivity contribution in [2.75, 3.05) is 19.6 Å². The smallest absolute Gasteiger partial charge is 0.191 e. The second-order valence-electron chi connectivity index (χ2n) is 6.75. The van der Waals surface area contributed by atoms with E-state index in [0.717, 1.165) is 32.0 Å². The van der Waals surface area contributed by atoms with Crippen LogP contribution in [0.2, 0.25) is 0 Å². The van der Waals surface area contributed by atoms with Gasteiger partial charge in [-0.25, -0.2) is 4.99 Å². The van der Waals surface area contributed by atoms with Crippen molar-refractivity contribution in [1.82, 2.24) is 15.5 Å². The molecule has 1 aliphatic heterocycles. The van der Waals surface area contributed by atoms with Crippen LogP contribution >= 0.6 is 0 Å². The maximum absolute atomic E-state index is 4.80. The maximum atomic E-state index is 4.80. The Morgan fingerprint density at radius 2 is 1.83 bits per heavy atom. The summed E-state index contributed by atoms with van der Waals surface area (Å²) in [4.78, 5) is 7.38. The SMILES string of the molecule is CCNC(=NCc1ccccc1CN1CCCCC1)NC(C)CC. The summed E-state index contributed by atoms with van der Waals surface area (Å²) in [6, 6.07) is 9.19. The van der Waals surface area contributed by atoms with Gasteiger partial charge in [-0.1, -0.05) is 37.6 Å². The van der Waals surface area contributed by atoms with Crippen molar-refractivity contribution in [3.05, 3.63) is 35.4 Å². The topological polar surface area (TPSA) is 39.7 Å². The Labute approximate surface area is 147 Å². The average Bonchev–Trinajstić information content (AvgIpc) is 2.61. The molecule has 0 radical (unpaired) electrons. The number of aliphatic imine (C=N–C) groups is 1. The van der Waals surface area contributed by atoms with E-state index in [-0.39, 0.29) is 0 Å². The van der Waals surface area contributed by atoms with Crippen LogP contribution in [0.3, 0.4) is 0 Å². The number of rotatable bonds is 7. The van der Waals surface area contributed by atoms with Crippen LogP contribution in [-0.4, -0.2) is 36.5 Å². The third kappa shape index (κ3) is 6.16. The van der Waals surface area contributed by atoms with Crippen molar-refractivity contribution < 1.29 is 0 Å². The lowest BCUT2D eigenvalue weighted by atomic mass is 10.1. The van der Waals surface area contributed by atoms with E-state index < -0.39 is 0 Å². The molecule has 1 saturated heterocycles. The van der Waals surface area contributed by atoms with E-state index in [2.05, 4.69) is 60.6 Å². The van der Waals surface area contributed by atoms with Crippen LogP contribution in [0.5, 0.6) is 0 Å². The number of nitrogens with zero attached hydrogens (tertiary/aromatic N) is 2. The summed E-state index contributed by atoms with van der Waals surface area (Å²) < 4.78 is 0. The van der Waals surface area contributed by atoms with Gasteiger partial charge in [-0.3, -0.25) is 4.90 Å². The molecule has 0 aliphatic carbocycles. The molecule has 0 saturated carbocycles. The Morgan fingerprint density at radius 3 is 2.50 bits per heavy atom. The van der Waals surface area contributed by atoms with E-state index >= 15 is 0 Å². The van der Waals surface area contributed by atoms with Gasteiger partial charge in [0.25, 0.3) is 0 Å². The Hall–Kier alpha value is -1.55. The van der Waals surface area contributed by atoms with Gasteiger partial charge in [-0.2, -0.15) is 0 Å². The highest BCUT2D eigenvalue weighted by Crippen LogP contribution is 2.16. The summed E-state index contributed by atoms with van der Waals surface area (Å²) >= 11 is 0. The molecule has 0 amide bonds. The van der Waals surface area contributed by atoms with E-state index in [1.165, 1.54) is 43.5 Å². The van der Waals surface area contributed by atoms with Crippen LogP contribution in [0.4, 0.5) is 0 Å². The van der Waals surface area contributed by atoms with Gasteiger partial charge in [0, 0.05) is 19.1 Å². The lowest BCUT2D eigenvalue weighted by molar-refractivity contribution is 0.220. The highest BCUT2D eigenvalue weighted by atomic mass is 15.2. The number of hydrogen-bond acceptors (Lipinski definition) is 2. The van der Waals surface area contributed by atoms with Crippen LogP contribution < -0.4 is 10.6 Å². The van der Waals surface area contributed by atoms with E-state index in [0.29, 0.717) is 6.04 Å². The van der Waals surface area contributed by atoms with E-state index in [1.54, 1.807) is 0 Å². The number of nitrogens with one attached hydrogen (secondary N) is 2. The van der Waals surface area contributed by atoms with Gasteiger partial charge in [0.05, 0.1) is 6.54 Å². The third-order valence-electron chi connectivity index (χ3n) is 4.71. The zero-order chi connectivity index (χ0) is 17.2. The molecular formula is C20H34N4. The first-order valence-electron chi connectivity index (χ1n) is 9.57. The molecule has 1 aromatic rings. The van der Waals surface area contributed by atoms with Crippen molar-refractivity contribution in [2.24, 2.45) is 4.99 Å². The fraction of sp³-hybridized carbons (Fsp3) is 0.650. The van der Waals surface area contributed by atoms with Crippen LogP contribution in [0.15, 0.2) is 29.3 Å². The minimum absolute atomic E-state index is 0.436. The van der Waals surface area contributed by atoms with E-state index in [9.17, 15) is 0 Å². The number of hydrogen-bond donors (Lipinski definition) is 2. The molecule has 1 fully saturated rings. The Morgan fingerprint density at radius 1 is 1.12 bits per heavy atom. The van der Waals surface area contributed by atoms with Gasteiger partial charge >= 0.3 is 0 Å². The van der Waals surface area contributed by atoms with Gasteiger partial charge in [0.15, 0.2) is 5.96 Å². The fourth-order valence-corrected chi connectivity index (χ4v) is 3.04. The molecule has 134 valence electrons. The highest BCUT2D eigenvalue weighted by Gasteiger charge is 2.12. The average molecular weight is 331 g/mol. The molecule has 2 rings (SSSR count). The minimum atomic E-state index is 0.436. The van der Waals surface area contributed by atoms with Crippen molar-refractivity contribution >= 4 is 5.96 Å².